The fraction of sp³-hybridized carbons (Fsp3) is 0.250. The average Bonchev–Trinajstić information content (AvgIpc) is 2.94. The van der Waals surface area contributed by atoms with Gasteiger partial charge in [-0.25, -0.2) is 4.98 Å². The lowest BCUT2D eigenvalue weighted by Gasteiger charge is -2.07. The van der Waals surface area contributed by atoms with Gasteiger partial charge in [-0.2, -0.15) is 0 Å². The van der Waals surface area contributed by atoms with E-state index in [1.165, 1.54) is 16.5 Å². The first-order valence-electron chi connectivity index (χ1n) is 6.75. The molecule has 3 rings (SSSR count). The van der Waals surface area contributed by atoms with Gasteiger partial charge in [0, 0.05) is 29.1 Å². The maximum absolute atomic E-state index is 4.63. The van der Waals surface area contributed by atoms with Crippen LogP contribution in [0, 0.1) is 6.92 Å². The molecule has 0 spiro atoms. The predicted octanol–water partition coefficient (Wildman–Crippen LogP) is 4.27. The number of nitrogens with one attached hydrogen (secondary N) is 1. The van der Waals surface area contributed by atoms with Crippen LogP contribution >= 0.6 is 11.3 Å². The summed E-state index contributed by atoms with van der Waals surface area (Å²) < 4.78 is 0. The molecule has 1 N–H and O–H groups in total. The van der Waals surface area contributed by atoms with Crippen LogP contribution in [0.25, 0.3) is 22.2 Å². The normalized spacial score (nSPS) is 10.9. The number of anilines is 1. The van der Waals surface area contributed by atoms with Crippen molar-refractivity contribution in [3.05, 3.63) is 40.9 Å². The lowest BCUT2D eigenvalue weighted by molar-refractivity contribution is 1.14. The minimum atomic E-state index is 0.939. The summed E-state index contributed by atoms with van der Waals surface area (Å²) in [5.41, 5.74) is 5.57. The van der Waals surface area contributed by atoms with Gasteiger partial charge in [-0.15, -0.1) is 11.3 Å². The predicted molar refractivity (Wildman–Crippen MR) is 86.5 cm³/mol. The molecule has 0 aliphatic carbocycles. The Morgan fingerprint density at radius 3 is 2.75 bits per heavy atom. The maximum Gasteiger partial charge on any atom is 0.182 e. The number of hydrogen-bond acceptors (Lipinski definition) is 4. The number of thiazole rings is 1. The van der Waals surface area contributed by atoms with Crippen molar-refractivity contribution in [3.63, 3.8) is 0 Å². The van der Waals surface area contributed by atoms with Crippen molar-refractivity contribution in [1.29, 1.82) is 0 Å². The van der Waals surface area contributed by atoms with E-state index in [9.17, 15) is 0 Å². The number of fused-ring (bicyclic) bond motifs is 1. The molecule has 0 unspecified atom stereocenters. The van der Waals surface area contributed by atoms with E-state index in [2.05, 4.69) is 51.9 Å². The quantitative estimate of drug-likeness (QED) is 0.780. The third-order valence-electron chi connectivity index (χ3n) is 3.40. The number of hydrogen-bond donors (Lipinski definition) is 1. The Labute approximate surface area is 122 Å². The highest BCUT2D eigenvalue weighted by Gasteiger charge is 2.10. The molecule has 2 aromatic heterocycles. The fourth-order valence-electron chi connectivity index (χ4n) is 2.35. The Hall–Kier alpha value is -1.94. The highest BCUT2D eigenvalue weighted by atomic mass is 32.1. The van der Waals surface area contributed by atoms with Gasteiger partial charge in [0.15, 0.2) is 5.13 Å². The number of nitrogens with zero attached hydrogens (tertiary/aromatic N) is 2. The molecular weight excluding hydrogens is 266 g/mol. The van der Waals surface area contributed by atoms with E-state index >= 15 is 0 Å². The molecule has 4 heteroatoms. The van der Waals surface area contributed by atoms with Gasteiger partial charge in [0.05, 0.1) is 11.2 Å². The Morgan fingerprint density at radius 1 is 1.20 bits per heavy atom. The molecule has 0 atom stereocenters. The summed E-state index contributed by atoms with van der Waals surface area (Å²) in [7, 11) is 1.90. The van der Waals surface area contributed by atoms with Crippen LogP contribution in [0.2, 0.25) is 0 Å². The highest BCUT2D eigenvalue weighted by Crippen LogP contribution is 2.31. The second-order valence-corrected chi connectivity index (χ2v) is 5.66. The average molecular weight is 283 g/mol. The monoisotopic (exact) mass is 283 g/mol. The Kier molecular flexibility index (Phi) is 3.40. The first kappa shape index (κ1) is 13.1. The van der Waals surface area contributed by atoms with Crippen LogP contribution in [0.15, 0.2) is 29.6 Å². The van der Waals surface area contributed by atoms with E-state index in [4.69, 9.17) is 0 Å². The van der Waals surface area contributed by atoms with Gasteiger partial charge in [-0.3, -0.25) is 4.98 Å². The van der Waals surface area contributed by atoms with Gasteiger partial charge in [0.1, 0.15) is 0 Å². The first-order valence-corrected chi connectivity index (χ1v) is 7.63. The van der Waals surface area contributed by atoms with Gasteiger partial charge in [-0.05, 0) is 37.1 Å². The molecule has 0 bridgehead atoms. The molecule has 1 aromatic carbocycles. The van der Waals surface area contributed by atoms with Crippen molar-refractivity contribution in [3.8, 4) is 11.3 Å². The standard InChI is InChI=1S/C16H17N3S/c1-4-11-5-6-14-13(8-11)12(7-10(2)18-14)15-9-20-16(17-3)19-15/h5-9H,4H2,1-3H3,(H,17,19). The van der Waals surface area contributed by atoms with Gasteiger partial charge < -0.3 is 5.32 Å². The molecule has 0 amide bonds. The van der Waals surface area contributed by atoms with Crippen LogP contribution < -0.4 is 5.32 Å². The number of benzene rings is 1. The van der Waals surface area contributed by atoms with Gasteiger partial charge in [0.25, 0.3) is 0 Å². The molecule has 0 radical (unpaired) electrons. The van der Waals surface area contributed by atoms with E-state index in [0.717, 1.165) is 28.5 Å². The topological polar surface area (TPSA) is 37.8 Å². The van der Waals surface area contributed by atoms with Crippen LogP contribution in [0.4, 0.5) is 5.13 Å². The van der Waals surface area contributed by atoms with Crippen LogP contribution in [-0.4, -0.2) is 17.0 Å². The zero-order chi connectivity index (χ0) is 14.1. The molecule has 0 aliphatic heterocycles. The SMILES string of the molecule is CCc1ccc2nc(C)cc(-c3csc(NC)n3)c2c1. The van der Waals surface area contributed by atoms with Gasteiger partial charge in [0.2, 0.25) is 0 Å². The summed E-state index contributed by atoms with van der Waals surface area (Å²) in [6.07, 6.45) is 1.03. The van der Waals surface area contributed by atoms with E-state index in [-0.39, 0.29) is 0 Å². The van der Waals surface area contributed by atoms with Gasteiger partial charge in [-0.1, -0.05) is 13.0 Å². The smallest absolute Gasteiger partial charge is 0.182 e. The summed E-state index contributed by atoms with van der Waals surface area (Å²) in [5.74, 6) is 0. The Morgan fingerprint density at radius 2 is 2.05 bits per heavy atom. The molecule has 0 saturated heterocycles. The highest BCUT2D eigenvalue weighted by molar-refractivity contribution is 7.14. The largest absolute Gasteiger partial charge is 0.365 e. The molecule has 0 saturated carbocycles. The third kappa shape index (κ3) is 2.27. The molecule has 0 aliphatic rings. The van der Waals surface area contributed by atoms with E-state index < -0.39 is 0 Å². The van der Waals surface area contributed by atoms with E-state index in [0.29, 0.717) is 0 Å². The lowest BCUT2D eigenvalue weighted by Crippen LogP contribution is -1.91. The summed E-state index contributed by atoms with van der Waals surface area (Å²) in [4.78, 5) is 9.25. The first-order chi connectivity index (χ1) is 9.71. The maximum atomic E-state index is 4.63. The van der Waals surface area contributed by atoms with Crippen LogP contribution in [0.5, 0.6) is 0 Å². The molecule has 0 fully saturated rings. The van der Waals surface area contributed by atoms with E-state index in [1.807, 2.05) is 14.0 Å². The second-order valence-electron chi connectivity index (χ2n) is 4.80. The third-order valence-corrected chi connectivity index (χ3v) is 4.26. The molecule has 102 valence electrons. The number of rotatable bonds is 3. The van der Waals surface area contributed by atoms with Crippen LogP contribution in [0.3, 0.4) is 0 Å². The zero-order valence-corrected chi connectivity index (χ0v) is 12.7. The minimum Gasteiger partial charge on any atom is -0.365 e. The summed E-state index contributed by atoms with van der Waals surface area (Å²) in [6, 6.07) is 8.61. The molecule has 3 nitrogen and oxygen atoms in total. The Bertz CT molecular complexity index is 762. The summed E-state index contributed by atoms with van der Waals surface area (Å²) in [5, 5.41) is 7.31. The van der Waals surface area contributed by atoms with Crippen molar-refractivity contribution < 1.29 is 0 Å². The fourth-order valence-corrected chi connectivity index (χ4v) is 3.02. The molecule has 20 heavy (non-hydrogen) atoms. The van der Waals surface area contributed by atoms with Crippen molar-refractivity contribution in [2.45, 2.75) is 20.3 Å². The molecule has 2 heterocycles. The molecular formula is C16H17N3S. The minimum absolute atomic E-state index is 0.939. The van der Waals surface area contributed by atoms with Crippen LogP contribution in [-0.2, 0) is 6.42 Å². The zero-order valence-electron chi connectivity index (χ0n) is 11.9. The number of pyridine rings is 1. The van der Waals surface area contributed by atoms with Crippen molar-refractivity contribution >= 4 is 27.4 Å². The van der Waals surface area contributed by atoms with Crippen molar-refractivity contribution in [2.24, 2.45) is 0 Å². The van der Waals surface area contributed by atoms with Crippen molar-refractivity contribution in [1.82, 2.24) is 9.97 Å². The molecule has 3 aromatic rings. The van der Waals surface area contributed by atoms with Crippen molar-refractivity contribution in [2.75, 3.05) is 12.4 Å². The van der Waals surface area contributed by atoms with Crippen LogP contribution in [0.1, 0.15) is 18.2 Å². The Balaban J connectivity index is 2.26. The second kappa shape index (κ2) is 5.21. The number of aromatic nitrogens is 2. The van der Waals surface area contributed by atoms with E-state index in [1.54, 1.807) is 11.3 Å². The lowest BCUT2D eigenvalue weighted by atomic mass is 10.0. The number of aryl methyl sites for hydroxylation is 2. The summed E-state index contributed by atoms with van der Waals surface area (Å²) in [6.45, 7) is 4.20. The summed E-state index contributed by atoms with van der Waals surface area (Å²) >= 11 is 1.63. The van der Waals surface area contributed by atoms with Gasteiger partial charge >= 0.3 is 0 Å².